The molecule has 10 heteroatoms. The summed E-state index contributed by atoms with van der Waals surface area (Å²) in [7, 11) is -4.66. The second kappa shape index (κ2) is 5.30. The van der Waals surface area contributed by atoms with Crippen molar-refractivity contribution in [2.75, 3.05) is 6.61 Å². The Labute approximate surface area is 95.1 Å². The zero-order valence-corrected chi connectivity index (χ0v) is 9.66. The summed E-state index contributed by atoms with van der Waals surface area (Å²) in [6.45, 7) is -0.545. The van der Waals surface area contributed by atoms with E-state index < -0.39 is 43.4 Å². The molecule has 1 fully saturated rings. The molecule has 0 saturated carbocycles. The molecule has 0 bridgehead atoms. The Morgan fingerprint density at radius 1 is 1.06 bits per heavy atom. The summed E-state index contributed by atoms with van der Waals surface area (Å²) in [6.07, 6.45) is -4.53. The van der Waals surface area contributed by atoms with E-state index in [2.05, 4.69) is 4.52 Å². The Morgan fingerprint density at radius 3 is 2.12 bits per heavy atom. The van der Waals surface area contributed by atoms with Crippen LogP contribution in [0.4, 0.5) is 0 Å². The molecule has 0 aromatic carbocycles. The van der Waals surface area contributed by atoms with Crippen molar-refractivity contribution in [1.29, 1.82) is 0 Å². The van der Waals surface area contributed by atoms with Gasteiger partial charge < -0.3 is 30.2 Å². The molecule has 1 saturated heterocycles. The van der Waals surface area contributed by atoms with Crippen molar-refractivity contribution in [3.63, 3.8) is 0 Å². The molecule has 0 radical (unpaired) electrons. The SMILES string of the molecule is O=P(O)(O)OCC1SC(O)C(O)C(O)C1O. The fourth-order valence-corrected chi connectivity index (χ4v) is 2.84. The number of thioether (sulfide) groups is 1. The number of aliphatic hydroxyl groups is 4. The minimum Gasteiger partial charge on any atom is -0.389 e. The number of hydrogen-bond donors (Lipinski definition) is 6. The van der Waals surface area contributed by atoms with Crippen molar-refractivity contribution in [3.05, 3.63) is 0 Å². The second-order valence-electron chi connectivity index (χ2n) is 3.32. The zero-order valence-electron chi connectivity index (χ0n) is 7.95. The van der Waals surface area contributed by atoms with Crippen LogP contribution in [0.2, 0.25) is 0 Å². The van der Waals surface area contributed by atoms with Crippen LogP contribution in [0, 0.1) is 0 Å². The average Bonchev–Trinajstić information content (AvgIpc) is 2.17. The summed E-state index contributed by atoms with van der Waals surface area (Å²) >= 11 is 0.674. The summed E-state index contributed by atoms with van der Waals surface area (Å²) in [4.78, 5) is 16.9. The van der Waals surface area contributed by atoms with Crippen molar-refractivity contribution >= 4 is 19.6 Å². The van der Waals surface area contributed by atoms with Crippen LogP contribution in [0.15, 0.2) is 0 Å². The fourth-order valence-electron chi connectivity index (χ4n) is 1.24. The van der Waals surface area contributed by atoms with E-state index in [1.165, 1.54) is 0 Å². The van der Waals surface area contributed by atoms with Crippen LogP contribution in [0.3, 0.4) is 0 Å². The van der Waals surface area contributed by atoms with Gasteiger partial charge in [0.1, 0.15) is 17.6 Å². The Bertz CT molecular complexity index is 282. The minimum atomic E-state index is -4.66. The second-order valence-corrected chi connectivity index (χ2v) is 5.92. The molecule has 5 unspecified atom stereocenters. The van der Waals surface area contributed by atoms with Crippen LogP contribution >= 0.6 is 19.6 Å². The largest absolute Gasteiger partial charge is 0.469 e. The van der Waals surface area contributed by atoms with Crippen LogP contribution in [0.5, 0.6) is 0 Å². The van der Waals surface area contributed by atoms with Crippen molar-refractivity contribution < 1.29 is 39.3 Å². The van der Waals surface area contributed by atoms with E-state index in [0.29, 0.717) is 11.8 Å². The van der Waals surface area contributed by atoms with Gasteiger partial charge in [0.25, 0.3) is 0 Å². The Balaban J connectivity index is 2.57. The first-order valence-corrected chi connectivity index (χ1v) is 6.77. The van der Waals surface area contributed by atoms with Gasteiger partial charge in [0, 0.05) is 0 Å². The predicted molar refractivity (Wildman–Crippen MR) is 53.4 cm³/mol. The molecule has 96 valence electrons. The highest BCUT2D eigenvalue weighted by Gasteiger charge is 2.43. The van der Waals surface area contributed by atoms with Crippen molar-refractivity contribution in [3.8, 4) is 0 Å². The first-order chi connectivity index (χ1) is 7.22. The molecule has 1 aliphatic heterocycles. The van der Waals surface area contributed by atoms with Crippen molar-refractivity contribution in [2.24, 2.45) is 0 Å². The maximum atomic E-state index is 10.4. The lowest BCUT2D eigenvalue weighted by molar-refractivity contribution is -0.0951. The van der Waals surface area contributed by atoms with E-state index in [1.807, 2.05) is 0 Å². The lowest BCUT2D eigenvalue weighted by Gasteiger charge is -2.37. The number of aliphatic hydroxyl groups excluding tert-OH is 4. The van der Waals surface area contributed by atoms with Crippen molar-refractivity contribution in [1.82, 2.24) is 0 Å². The smallest absolute Gasteiger partial charge is 0.389 e. The van der Waals surface area contributed by atoms with Gasteiger partial charge in [-0.1, -0.05) is 0 Å². The molecule has 1 aliphatic rings. The first-order valence-electron chi connectivity index (χ1n) is 4.30. The molecule has 0 amide bonds. The van der Waals surface area contributed by atoms with Gasteiger partial charge in [-0.2, -0.15) is 0 Å². The Hall–Kier alpha value is 0.300. The van der Waals surface area contributed by atoms with Gasteiger partial charge in [-0.25, -0.2) is 4.57 Å². The first kappa shape index (κ1) is 14.4. The third-order valence-electron chi connectivity index (χ3n) is 2.09. The minimum absolute atomic E-state index is 0.545. The summed E-state index contributed by atoms with van der Waals surface area (Å²) in [5.74, 6) is 0. The number of phosphoric acid groups is 1. The standard InChI is InChI=1S/C6H13O8PS/c7-3-2(1-14-15(11,12)13)16-6(10)5(9)4(3)8/h2-10H,1H2,(H2,11,12,13). The van der Waals surface area contributed by atoms with Gasteiger partial charge in [0.2, 0.25) is 0 Å². The number of phosphoric ester groups is 1. The monoisotopic (exact) mass is 276 g/mol. The molecule has 1 rings (SSSR count). The van der Waals surface area contributed by atoms with E-state index in [4.69, 9.17) is 9.79 Å². The van der Waals surface area contributed by atoms with Gasteiger partial charge in [0.15, 0.2) is 0 Å². The molecule has 5 atom stereocenters. The van der Waals surface area contributed by atoms with E-state index in [9.17, 15) is 25.0 Å². The van der Waals surface area contributed by atoms with Crippen LogP contribution in [0.25, 0.3) is 0 Å². The lowest BCUT2D eigenvalue weighted by Crippen LogP contribution is -2.54. The fraction of sp³-hybridized carbons (Fsp3) is 1.00. The molecule has 1 heterocycles. The summed E-state index contributed by atoms with van der Waals surface area (Å²) < 4.78 is 14.6. The topological polar surface area (TPSA) is 148 Å². The highest BCUT2D eigenvalue weighted by atomic mass is 32.2. The van der Waals surface area contributed by atoms with Gasteiger partial charge in [-0.3, -0.25) is 4.52 Å². The third-order valence-corrected chi connectivity index (χ3v) is 3.90. The molecule has 0 aliphatic carbocycles. The molecule has 6 N–H and O–H groups in total. The number of rotatable bonds is 3. The zero-order chi connectivity index (χ0) is 12.5. The molecular weight excluding hydrogens is 263 g/mol. The highest BCUT2D eigenvalue weighted by Crippen LogP contribution is 2.39. The molecule has 8 nitrogen and oxygen atoms in total. The quantitative estimate of drug-likeness (QED) is 0.310. The van der Waals surface area contributed by atoms with Crippen LogP contribution in [-0.2, 0) is 9.09 Å². The molecule has 0 spiro atoms. The average molecular weight is 276 g/mol. The van der Waals surface area contributed by atoms with E-state index in [1.54, 1.807) is 0 Å². The summed E-state index contributed by atoms with van der Waals surface area (Å²) in [5.41, 5.74) is -1.34. The van der Waals surface area contributed by atoms with Crippen LogP contribution < -0.4 is 0 Å². The van der Waals surface area contributed by atoms with E-state index in [0.717, 1.165) is 0 Å². The lowest BCUT2D eigenvalue weighted by atomic mass is 10.0. The summed E-state index contributed by atoms with van der Waals surface area (Å²) in [6, 6.07) is 0. The predicted octanol–water partition coefficient (Wildman–Crippen LogP) is -2.39. The maximum absolute atomic E-state index is 10.4. The van der Waals surface area contributed by atoms with Gasteiger partial charge in [-0.15, -0.1) is 11.8 Å². The highest BCUT2D eigenvalue weighted by molar-refractivity contribution is 8.00. The molecular formula is C6H13O8PS. The van der Waals surface area contributed by atoms with E-state index in [-0.39, 0.29) is 0 Å². The van der Waals surface area contributed by atoms with E-state index >= 15 is 0 Å². The normalized spacial score (nSPS) is 41.0. The van der Waals surface area contributed by atoms with Gasteiger partial charge in [-0.05, 0) is 0 Å². The summed E-state index contributed by atoms with van der Waals surface area (Å²) in [5, 5.41) is 36.3. The number of hydrogen-bond acceptors (Lipinski definition) is 7. The molecule has 0 aromatic rings. The Morgan fingerprint density at radius 2 is 1.62 bits per heavy atom. The van der Waals surface area contributed by atoms with Gasteiger partial charge in [0.05, 0.1) is 18.0 Å². The molecule has 0 aromatic heterocycles. The van der Waals surface area contributed by atoms with Crippen molar-refractivity contribution in [2.45, 2.75) is 29.0 Å². The Kier molecular flexibility index (Phi) is 4.76. The third kappa shape index (κ3) is 3.66. The van der Waals surface area contributed by atoms with Gasteiger partial charge >= 0.3 is 7.82 Å². The van der Waals surface area contributed by atoms with Crippen LogP contribution in [-0.4, -0.2) is 65.8 Å². The maximum Gasteiger partial charge on any atom is 0.469 e. The van der Waals surface area contributed by atoms with Crippen LogP contribution in [0.1, 0.15) is 0 Å². The molecule has 16 heavy (non-hydrogen) atoms.